The van der Waals surface area contributed by atoms with Crippen LogP contribution in [-0.2, 0) is 4.79 Å². The number of thiophene rings is 1. The van der Waals surface area contributed by atoms with Crippen molar-refractivity contribution in [2.24, 2.45) is 5.73 Å². The maximum Gasteiger partial charge on any atom is 0.231 e. The molecule has 112 valence electrons. The van der Waals surface area contributed by atoms with Gasteiger partial charge in [-0.05, 0) is 31.4 Å². The fourth-order valence-electron chi connectivity index (χ4n) is 2.57. The van der Waals surface area contributed by atoms with Gasteiger partial charge >= 0.3 is 0 Å². The molecule has 1 fully saturated rings. The Bertz CT molecular complexity index is 472. The third-order valence-corrected chi connectivity index (χ3v) is 5.12. The van der Waals surface area contributed by atoms with E-state index in [1.807, 2.05) is 6.07 Å². The first-order chi connectivity index (χ1) is 9.45. The molecule has 0 radical (unpaired) electrons. The highest BCUT2D eigenvalue weighted by molar-refractivity contribution is 7.20. The number of likely N-dealkylation sites (tertiary alicyclic amines) is 1. The Balaban J connectivity index is 1.83. The molecule has 4 nitrogen and oxygen atoms in total. The van der Waals surface area contributed by atoms with Crippen molar-refractivity contribution in [2.45, 2.75) is 31.8 Å². The van der Waals surface area contributed by atoms with Gasteiger partial charge in [-0.1, -0.05) is 23.2 Å². The number of amides is 1. The smallest absolute Gasteiger partial charge is 0.231 e. The Hall–Kier alpha value is -0.330. The first kappa shape index (κ1) is 16.0. The quantitative estimate of drug-likeness (QED) is 0.869. The van der Waals surface area contributed by atoms with Crippen LogP contribution in [0.3, 0.4) is 0 Å². The average Bonchev–Trinajstić information content (AvgIpc) is 2.70. The highest BCUT2D eigenvalue weighted by atomic mass is 35.5. The third kappa shape index (κ3) is 4.33. The predicted molar refractivity (Wildman–Crippen MR) is 84.5 cm³/mol. The summed E-state index contributed by atoms with van der Waals surface area (Å²) in [5.74, 6) is -0.260. The number of carbonyl (C=O) groups is 1. The predicted octanol–water partition coefficient (Wildman–Crippen LogP) is 2.66. The molecule has 3 N–H and O–H groups in total. The Kier molecular flexibility index (Phi) is 5.69. The summed E-state index contributed by atoms with van der Waals surface area (Å²) < 4.78 is 1.47. The van der Waals surface area contributed by atoms with Gasteiger partial charge in [-0.3, -0.25) is 9.69 Å². The second kappa shape index (κ2) is 7.09. The van der Waals surface area contributed by atoms with Crippen LogP contribution in [0, 0.1) is 0 Å². The van der Waals surface area contributed by atoms with Gasteiger partial charge < -0.3 is 11.1 Å². The summed E-state index contributed by atoms with van der Waals surface area (Å²) >= 11 is 13.5. The summed E-state index contributed by atoms with van der Waals surface area (Å²) in [6, 6.07) is 2.54. The fourth-order valence-corrected chi connectivity index (χ4v) is 4.22. The molecule has 1 saturated heterocycles. The molecule has 0 aliphatic carbocycles. The molecule has 1 unspecified atom stereocenters. The topological polar surface area (TPSA) is 58.4 Å². The number of primary amides is 1. The van der Waals surface area contributed by atoms with E-state index in [-0.39, 0.29) is 11.9 Å². The van der Waals surface area contributed by atoms with Gasteiger partial charge in [0, 0.05) is 25.2 Å². The number of hydrogen-bond acceptors (Lipinski definition) is 4. The number of nitrogens with one attached hydrogen (secondary N) is 1. The Labute approximate surface area is 133 Å². The van der Waals surface area contributed by atoms with E-state index in [1.165, 1.54) is 11.3 Å². The van der Waals surface area contributed by atoms with E-state index in [4.69, 9.17) is 28.9 Å². The van der Waals surface area contributed by atoms with Gasteiger partial charge in [-0.15, -0.1) is 11.3 Å². The zero-order chi connectivity index (χ0) is 14.7. The standard InChI is InChI=1S/C13H19Cl2N3OS/c1-8(10-6-11(14)20-13(10)15)17-9-2-4-18(5-3-9)7-12(16)19/h6,8-9,17H,2-5,7H2,1H3,(H2,16,19). The minimum atomic E-state index is -0.260. The van der Waals surface area contributed by atoms with Gasteiger partial charge in [0.2, 0.25) is 5.91 Å². The molecule has 20 heavy (non-hydrogen) atoms. The van der Waals surface area contributed by atoms with Crippen molar-refractivity contribution in [3.05, 3.63) is 20.3 Å². The lowest BCUT2D eigenvalue weighted by Crippen LogP contribution is -2.45. The van der Waals surface area contributed by atoms with Crippen molar-refractivity contribution in [1.82, 2.24) is 10.2 Å². The number of halogens is 2. The molecule has 7 heteroatoms. The molecule has 0 bridgehead atoms. The van der Waals surface area contributed by atoms with Gasteiger partial charge in [0.15, 0.2) is 0 Å². The van der Waals surface area contributed by atoms with Gasteiger partial charge in [0.05, 0.1) is 15.2 Å². The normalized spacial score (nSPS) is 19.1. The van der Waals surface area contributed by atoms with Gasteiger partial charge in [0.1, 0.15) is 0 Å². The molecule has 0 saturated carbocycles. The first-order valence-electron chi connectivity index (χ1n) is 6.67. The lowest BCUT2D eigenvalue weighted by molar-refractivity contribution is -0.119. The SMILES string of the molecule is CC(NC1CCN(CC(N)=O)CC1)c1cc(Cl)sc1Cl. The van der Waals surface area contributed by atoms with Crippen LogP contribution in [0.1, 0.15) is 31.4 Å². The van der Waals surface area contributed by atoms with Crippen LogP contribution in [0.4, 0.5) is 0 Å². The fraction of sp³-hybridized carbons (Fsp3) is 0.615. The van der Waals surface area contributed by atoms with Crippen LogP contribution in [0.5, 0.6) is 0 Å². The molecule has 0 spiro atoms. The molecule has 2 heterocycles. The monoisotopic (exact) mass is 335 g/mol. The number of piperidine rings is 1. The summed E-state index contributed by atoms with van der Waals surface area (Å²) in [6.07, 6.45) is 2.01. The third-order valence-electron chi connectivity index (χ3n) is 3.60. The highest BCUT2D eigenvalue weighted by Gasteiger charge is 2.22. The molecule has 1 amide bonds. The average molecular weight is 336 g/mol. The van der Waals surface area contributed by atoms with Crippen molar-refractivity contribution in [3.63, 3.8) is 0 Å². The van der Waals surface area contributed by atoms with E-state index in [0.717, 1.165) is 40.2 Å². The number of nitrogens with zero attached hydrogens (tertiary/aromatic N) is 1. The van der Waals surface area contributed by atoms with Crippen molar-refractivity contribution in [1.29, 1.82) is 0 Å². The Morgan fingerprint density at radius 1 is 1.55 bits per heavy atom. The molecule has 1 aromatic heterocycles. The Morgan fingerprint density at radius 2 is 2.20 bits per heavy atom. The maximum absolute atomic E-state index is 10.9. The van der Waals surface area contributed by atoms with E-state index in [1.54, 1.807) is 0 Å². The summed E-state index contributed by atoms with van der Waals surface area (Å²) in [5.41, 5.74) is 6.27. The molecular weight excluding hydrogens is 317 g/mol. The zero-order valence-corrected chi connectivity index (χ0v) is 13.7. The lowest BCUT2D eigenvalue weighted by Gasteiger charge is -2.33. The summed E-state index contributed by atoms with van der Waals surface area (Å²) in [5, 5.41) is 3.58. The second-order valence-corrected chi connectivity index (χ2v) is 7.47. The molecular formula is C13H19Cl2N3OS. The molecule has 1 atom stereocenters. The number of nitrogens with two attached hydrogens (primary N) is 1. The van der Waals surface area contributed by atoms with Crippen LogP contribution >= 0.6 is 34.5 Å². The van der Waals surface area contributed by atoms with Gasteiger partial charge in [-0.2, -0.15) is 0 Å². The molecule has 0 aromatic carbocycles. The number of hydrogen-bond donors (Lipinski definition) is 2. The van der Waals surface area contributed by atoms with E-state index < -0.39 is 0 Å². The van der Waals surface area contributed by atoms with Crippen molar-refractivity contribution in [3.8, 4) is 0 Å². The lowest BCUT2D eigenvalue weighted by atomic mass is 10.0. The van der Waals surface area contributed by atoms with Crippen LogP contribution in [0.15, 0.2) is 6.07 Å². The van der Waals surface area contributed by atoms with E-state index in [2.05, 4.69) is 17.1 Å². The van der Waals surface area contributed by atoms with Crippen molar-refractivity contribution < 1.29 is 4.79 Å². The van der Waals surface area contributed by atoms with Crippen LogP contribution in [-0.4, -0.2) is 36.5 Å². The molecule has 2 rings (SSSR count). The van der Waals surface area contributed by atoms with Crippen LogP contribution in [0.2, 0.25) is 8.67 Å². The van der Waals surface area contributed by atoms with Gasteiger partial charge in [0.25, 0.3) is 0 Å². The molecule has 1 aliphatic rings. The molecule has 1 aliphatic heterocycles. The molecule has 1 aromatic rings. The number of carbonyl (C=O) groups excluding carboxylic acids is 1. The first-order valence-corrected chi connectivity index (χ1v) is 8.24. The summed E-state index contributed by atoms with van der Waals surface area (Å²) in [6.45, 7) is 4.24. The minimum Gasteiger partial charge on any atom is -0.369 e. The van der Waals surface area contributed by atoms with Crippen LogP contribution in [0.25, 0.3) is 0 Å². The van der Waals surface area contributed by atoms with Crippen LogP contribution < -0.4 is 11.1 Å². The van der Waals surface area contributed by atoms with Gasteiger partial charge in [-0.25, -0.2) is 0 Å². The summed E-state index contributed by atoms with van der Waals surface area (Å²) in [4.78, 5) is 13.0. The second-order valence-electron chi connectivity index (χ2n) is 5.18. The van der Waals surface area contributed by atoms with E-state index in [9.17, 15) is 4.79 Å². The van der Waals surface area contributed by atoms with Crippen molar-refractivity contribution in [2.75, 3.05) is 19.6 Å². The Morgan fingerprint density at radius 3 is 2.70 bits per heavy atom. The van der Waals surface area contributed by atoms with E-state index >= 15 is 0 Å². The van der Waals surface area contributed by atoms with E-state index in [0.29, 0.717) is 12.6 Å². The maximum atomic E-state index is 10.9. The largest absolute Gasteiger partial charge is 0.369 e. The summed E-state index contributed by atoms with van der Waals surface area (Å²) in [7, 11) is 0. The minimum absolute atomic E-state index is 0.180. The number of rotatable bonds is 5. The van der Waals surface area contributed by atoms with Crippen molar-refractivity contribution >= 4 is 40.4 Å². The zero-order valence-electron chi connectivity index (χ0n) is 11.4. The highest BCUT2D eigenvalue weighted by Crippen LogP contribution is 2.35.